The number of ether oxygens (including phenoxy) is 1. The minimum Gasteiger partial charge on any atom is -0.484 e. The number of hydrogen-bond donors (Lipinski definition) is 0. The molecule has 1 fully saturated rings. The molecule has 0 saturated carbocycles. The summed E-state index contributed by atoms with van der Waals surface area (Å²) >= 11 is 0. The van der Waals surface area contributed by atoms with Gasteiger partial charge in [0, 0.05) is 44.1 Å². The zero-order chi connectivity index (χ0) is 18.5. The molecule has 2 heterocycles. The van der Waals surface area contributed by atoms with Crippen LogP contribution in [0, 0.1) is 13.8 Å². The summed E-state index contributed by atoms with van der Waals surface area (Å²) in [6, 6.07) is 9.21. The maximum atomic E-state index is 12.4. The van der Waals surface area contributed by atoms with E-state index in [1.807, 2.05) is 32.0 Å². The van der Waals surface area contributed by atoms with Gasteiger partial charge in [0.2, 0.25) is 0 Å². The molecule has 1 aliphatic rings. The Hall–Kier alpha value is -2.89. The number of aryl methyl sites for hydroxylation is 2. The number of hydrogen-bond acceptors (Lipinski definition) is 4. The first kappa shape index (κ1) is 17.9. The molecule has 0 unspecified atom stereocenters. The molecular weight excluding hydrogens is 330 g/mol. The van der Waals surface area contributed by atoms with Crippen molar-refractivity contribution in [2.75, 3.05) is 32.8 Å². The van der Waals surface area contributed by atoms with E-state index in [1.165, 1.54) is 5.56 Å². The van der Waals surface area contributed by atoms with Crippen LogP contribution < -0.4 is 4.74 Å². The van der Waals surface area contributed by atoms with Crippen molar-refractivity contribution < 1.29 is 14.3 Å². The summed E-state index contributed by atoms with van der Waals surface area (Å²) in [4.78, 5) is 32.2. The Morgan fingerprint density at radius 3 is 2.27 bits per heavy atom. The van der Waals surface area contributed by atoms with Crippen molar-refractivity contribution in [3.8, 4) is 5.75 Å². The lowest BCUT2D eigenvalue weighted by atomic mass is 10.1. The first-order valence-corrected chi connectivity index (χ1v) is 8.72. The van der Waals surface area contributed by atoms with Crippen LogP contribution in [0.5, 0.6) is 5.75 Å². The Morgan fingerprint density at radius 2 is 1.62 bits per heavy atom. The fourth-order valence-corrected chi connectivity index (χ4v) is 2.88. The highest BCUT2D eigenvalue weighted by molar-refractivity contribution is 5.94. The van der Waals surface area contributed by atoms with E-state index >= 15 is 0 Å². The average Bonchev–Trinajstić information content (AvgIpc) is 2.69. The predicted octanol–water partition coefficient (Wildman–Crippen LogP) is 2.06. The third kappa shape index (κ3) is 4.20. The van der Waals surface area contributed by atoms with E-state index in [2.05, 4.69) is 4.98 Å². The third-order valence-corrected chi connectivity index (χ3v) is 4.69. The standard InChI is InChI=1S/C20H23N3O3/c1-15-3-4-18(13-16(15)2)26-14-19(24)22-9-11-23(12-10-22)20(25)17-5-7-21-8-6-17/h3-8,13H,9-12,14H2,1-2H3. The van der Waals surface area contributed by atoms with Crippen molar-refractivity contribution in [1.29, 1.82) is 0 Å². The number of benzene rings is 1. The van der Waals surface area contributed by atoms with Gasteiger partial charge in [0.05, 0.1) is 0 Å². The normalized spacial score (nSPS) is 14.2. The number of amides is 2. The summed E-state index contributed by atoms with van der Waals surface area (Å²) in [5, 5.41) is 0. The second kappa shape index (κ2) is 7.99. The smallest absolute Gasteiger partial charge is 0.260 e. The summed E-state index contributed by atoms with van der Waals surface area (Å²) in [6.07, 6.45) is 3.22. The number of pyridine rings is 1. The summed E-state index contributed by atoms with van der Waals surface area (Å²) in [5.41, 5.74) is 2.95. The summed E-state index contributed by atoms with van der Waals surface area (Å²) in [6.45, 7) is 6.16. The molecule has 2 amide bonds. The van der Waals surface area contributed by atoms with E-state index in [-0.39, 0.29) is 18.4 Å². The fraction of sp³-hybridized carbons (Fsp3) is 0.350. The summed E-state index contributed by atoms with van der Waals surface area (Å²) in [7, 11) is 0. The highest BCUT2D eigenvalue weighted by Gasteiger charge is 2.25. The second-order valence-electron chi connectivity index (χ2n) is 6.44. The molecule has 6 nitrogen and oxygen atoms in total. The molecular formula is C20H23N3O3. The van der Waals surface area contributed by atoms with Gasteiger partial charge in [-0.05, 0) is 49.2 Å². The molecule has 1 aliphatic heterocycles. The lowest BCUT2D eigenvalue weighted by Gasteiger charge is -2.34. The summed E-state index contributed by atoms with van der Waals surface area (Å²) < 4.78 is 5.62. The van der Waals surface area contributed by atoms with E-state index < -0.39 is 0 Å². The van der Waals surface area contributed by atoms with Crippen molar-refractivity contribution in [2.45, 2.75) is 13.8 Å². The fourth-order valence-electron chi connectivity index (χ4n) is 2.88. The number of nitrogens with zero attached hydrogens (tertiary/aromatic N) is 3. The Labute approximate surface area is 153 Å². The molecule has 3 rings (SSSR count). The van der Waals surface area contributed by atoms with E-state index in [9.17, 15) is 9.59 Å². The molecule has 1 saturated heterocycles. The Bertz CT molecular complexity index is 784. The van der Waals surface area contributed by atoms with Crippen LogP contribution in [-0.2, 0) is 4.79 Å². The van der Waals surface area contributed by atoms with E-state index in [4.69, 9.17) is 4.74 Å². The van der Waals surface area contributed by atoms with Crippen molar-refractivity contribution in [3.05, 3.63) is 59.4 Å². The van der Waals surface area contributed by atoms with Crippen molar-refractivity contribution in [1.82, 2.24) is 14.8 Å². The summed E-state index contributed by atoms with van der Waals surface area (Å²) in [5.74, 6) is 0.623. The van der Waals surface area contributed by atoms with E-state index in [0.29, 0.717) is 37.5 Å². The number of aromatic nitrogens is 1. The second-order valence-corrected chi connectivity index (χ2v) is 6.44. The zero-order valence-corrected chi connectivity index (χ0v) is 15.1. The van der Waals surface area contributed by atoms with Gasteiger partial charge < -0.3 is 14.5 Å². The van der Waals surface area contributed by atoms with Crippen LogP contribution in [0.1, 0.15) is 21.5 Å². The molecule has 0 atom stereocenters. The van der Waals surface area contributed by atoms with Gasteiger partial charge in [-0.1, -0.05) is 6.07 Å². The van der Waals surface area contributed by atoms with Gasteiger partial charge in [-0.25, -0.2) is 0 Å². The average molecular weight is 353 g/mol. The first-order chi connectivity index (χ1) is 12.5. The van der Waals surface area contributed by atoms with Crippen molar-refractivity contribution in [2.24, 2.45) is 0 Å². The number of rotatable bonds is 4. The Kier molecular flexibility index (Phi) is 5.51. The van der Waals surface area contributed by atoms with Crippen LogP contribution >= 0.6 is 0 Å². The molecule has 0 radical (unpaired) electrons. The van der Waals surface area contributed by atoms with Crippen LogP contribution in [0.15, 0.2) is 42.7 Å². The highest BCUT2D eigenvalue weighted by atomic mass is 16.5. The number of piperazine rings is 1. The minimum atomic E-state index is -0.0563. The molecule has 136 valence electrons. The molecule has 6 heteroatoms. The van der Waals surface area contributed by atoms with Gasteiger partial charge in [0.25, 0.3) is 11.8 Å². The van der Waals surface area contributed by atoms with Crippen molar-refractivity contribution >= 4 is 11.8 Å². The Morgan fingerprint density at radius 1 is 0.962 bits per heavy atom. The molecule has 26 heavy (non-hydrogen) atoms. The molecule has 1 aromatic carbocycles. The van der Waals surface area contributed by atoms with Crippen LogP contribution in [0.2, 0.25) is 0 Å². The number of carbonyl (C=O) groups is 2. The first-order valence-electron chi connectivity index (χ1n) is 8.72. The molecule has 2 aromatic rings. The van der Waals surface area contributed by atoms with Gasteiger partial charge in [0.1, 0.15) is 5.75 Å². The largest absolute Gasteiger partial charge is 0.484 e. The van der Waals surface area contributed by atoms with Gasteiger partial charge in [-0.15, -0.1) is 0 Å². The minimum absolute atomic E-state index is 0.0147. The quantitative estimate of drug-likeness (QED) is 0.844. The van der Waals surface area contributed by atoms with Gasteiger partial charge >= 0.3 is 0 Å². The van der Waals surface area contributed by atoms with E-state index in [1.54, 1.807) is 34.3 Å². The van der Waals surface area contributed by atoms with Crippen LogP contribution in [0.4, 0.5) is 0 Å². The van der Waals surface area contributed by atoms with Crippen molar-refractivity contribution in [3.63, 3.8) is 0 Å². The molecule has 0 spiro atoms. The lowest BCUT2D eigenvalue weighted by Crippen LogP contribution is -2.51. The molecule has 0 N–H and O–H groups in total. The SMILES string of the molecule is Cc1ccc(OCC(=O)N2CCN(C(=O)c3ccncc3)CC2)cc1C. The van der Waals surface area contributed by atoms with Gasteiger partial charge in [-0.3, -0.25) is 14.6 Å². The number of carbonyl (C=O) groups excluding carboxylic acids is 2. The monoisotopic (exact) mass is 353 g/mol. The van der Waals surface area contributed by atoms with Crippen LogP contribution in [-0.4, -0.2) is 59.4 Å². The van der Waals surface area contributed by atoms with Crippen LogP contribution in [0.3, 0.4) is 0 Å². The van der Waals surface area contributed by atoms with Crippen LogP contribution in [0.25, 0.3) is 0 Å². The Balaban J connectivity index is 1.49. The molecule has 1 aromatic heterocycles. The lowest BCUT2D eigenvalue weighted by molar-refractivity contribution is -0.134. The van der Waals surface area contributed by atoms with Gasteiger partial charge in [-0.2, -0.15) is 0 Å². The zero-order valence-electron chi connectivity index (χ0n) is 15.1. The highest BCUT2D eigenvalue weighted by Crippen LogP contribution is 2.16. The molecule has 0 aliphatic carbocycles. The maximum absolute atomic E-state index is 12.4. The molecule has 0 bridgehead atoms. The van der Waals surface area contributed by atoms with Gasteiger partial charge in [0.15, 0.2) is 6.61 Å². The topological polar surface area (TPSA) is 62.7 Å². The third-order valence-electron chi connectivity index (χ3n) is 4.69. The van der Waals surface area contributed by atoms with E-state index in [0.717, 1.165) is 5.56 Å². The maximum Gasteiger partial charge on any atom is 0.260 e. The predicted molar refractivity (Wildman–Crippen MR) is 98.1 cm³/mol.